The summed E-state index contributed by atoms with van der Waals surface area (Å²) >= 11 is 0. The molecule has 0 aromatic heterocycles. The SMILES string of the molecule is C=C1CCN(C(=C)C2CC2)c2ccc(Cc3ccc4ccccc4c3)cc21. The number of benzene rings is 3. The van der Waals surface area contributed by atoms with Gasteiger partial charge in [-0.1, -0.05) is 61.7 Å². The van der Waals surface area contributed by atoms with Crippen LogP contribution in [0.4, 0.5) is 5.69 Å². The molecule has 1 aliphatic carbocycles. The summed E-state index contributed by atoms with van der Waals surface area (Å²) in [5.74, 6) is 0.696. The molecule has 0 N–H and O–H groups in total. The number of rotatable bonds is 4. The van der Waals surface area contributed by atoms with Crippen LogP contribution in [0.2, 0.25) is 0 Å². The Morgan fingerprint density at radius 3 is 2.48 bits per heavy atom. The predicted octanol–water partition coefficient (Wildman–Crippen LogP) is 6.58. The molecule has 1 fully saturated rings. The molecule has 1 saturated carbocycles. The van der Waals surface area contributed by atoms with Crippen molar-refractivity contribution in [2.75, 3.05) is 11.4 Å². The number of hydrogen-bond donors (Lipinski definition) is 0. The van der Waals surface area contributed by atoms with Gasteiger partial charge in [0.2, 0.25) is 0 Å². The molecule has 1 nitrogen and oxygen atoms in total. The van der Waals surface area contributed by atoms with E-state index in [0.29, 0.717) is 5.92 Å². The van der Waals surface area contributed by atoms with Gasteiger partial charge in [0, 0.05) is 23.5 Å². The molecular formula is C26H25N. The molecule has 0 radical (unpaired) electrons. The Labute approximate surface area is 161 Å². The lowest BCUT2D eigenvalue weighted by Gasteiger charge is -2.34. The van der Waals surface area contributed by atoms with Crippen LogP contribution in [0.25, 0.3) is 16.3 Å². The molecule has 5 rings (SSSR count). The van der Waals surface area contributed by atoms with Gasteiger partial charge in [0.05, 0.1) is 0 Å². The minimum Gasteiger partial charge on any atom is -0.345 e. The first-order valence-electron chi connectivity index (χ1n) is 9.94. The van der Waals surface area contributed by atoms with E-state index in [1.165, 1.54) is 57.3 Å². The lowest BCUT2D eigenvalue weighted by molar-refractivity contribution is 0.813. The second kappa shape index (κ2) is 6.42. The Kier molecular flexibility index (Phi) is 3.89. The van der Waals surface area contributed by atoms with E-state index in [1.54, 1.807) is 0 Å². The Hall–Kier alpha value is -2.80. The Balaban J connectivity index is 1.46. The van der Waals surface area contributed by atoms with E-state index in [2.05, 4.69) is 78.7 Å². The molecule has 0 atom stereocenters. The summed E-state index contributed by atoms with van der Waals surface area (Å²) in [5.41, 5.74) is 7.86. The summed E-state index contributed by atoms with van der Waals surface area (Å²) in [4.78, 5) is 2.43. The second-order valence-electron chi connectivity index (χ2n) is 7.98. The molecule has 1 heteroatoms. The van der Waals surface area contributed by atoms with Crippen LogP contribution < -0.4 is 4.90 Å². The van der Waals surface area contributed by atoms with Crippen LogP contribution in [0.1, 0.15) is 36.0 Å². The maximum Gasteiger partial charge on any atom is 0.0484 e. The second-order valence-corrected chi connectivity index (χ2v) is 7.98. The van der Waals surface area contributed by atoms with Crippen molar-refractivity contribution in [1.29, 1.82) is 0 Å². The van der Waals surface area contributed by atoms with Crippen molar-refractivity contribution in [3.8, 4) is 0 Å². The summed E-state index contributed by atoms with van der Waals surface area (Å²) in [6, 6.07) is 22.3. The number of hydrogen-bond acceptors (Lipinski definition) is 1. The van der Waals surface area contributed by atoms with E-state index in [1.807, 2.05) is 0 Å². The smallest absolute Gasteiger partial charge is 0.0484 e. The first-order valence-corrected chi connectivity index (χ1v) is 9.94. The molecule has 0 spiro atoms. The fraction of sp³-hybridized carbons (Fsp3) is 0.231. The zero-order chi connectivity index (χ0) is 18.4. The van der Waals surface area contributed by atoms with E-state index in [-0.39, 0.29) is 0 Å². The number of fused-ring (bicyclic) bond motifs is 2. The Morgan fingerprint density at radius 1 is 0.926 bits per heavy atom. The van der Waals surface area contributed by atoms with Gasteiger partial charge in [0.15, 0.2) is 0 Å². The lowest BCUT2D eigenvalue weighted by atomic mass is 9.92. The van der Waals surface area contributed by atoms with Crippen LogP contribution in [0.15, 0.2) is 79.5 Å². The number of nitrogens with zero attached hydrogens (tertiary/aromatic N) is 1. The monoisotopic (exact) mass is 351 g/mol. The maximum absolute atomic E-state index is 4.38. The van der Waals surface area contributed by atoms with Crippen molar-refractivity contribution < 1.29 is 0 Å². The van der Waals surface area contributed by atoms with Gasteiger partial charge in [-0.3, -0.25) is 0 Å². The van der Waals surface area contributed by atoms with E-state index in [0.717, 1.165) is 19.4 Å². The average molecular weight is 351 g/mol. The summed E-state index contributed by atoms with van der Waals surface area (Å²) in [6.07, 6.45) is 4.57. The van der Waals surface area contributed by atoms with E-state index >= 15 is 0 Å². The lowest BCUT2D eigenvalue weighted by Crippen LogP contribution is -2.28. The average Bonchev–Trinajstić information content (AvgIpc) is 3.53. The third-order valence-corrected chi connectivity index (χ3v) is 5.99. The Bertz CT molecular complexity index is 1050. The van der Waals surface area contributed by atoms with Crippen LogP contribution >= 0.6 is 0 Å². The standard InChI is InChI=1S/C26H25N/c1-18-13-14-27(19(2)22-10-11-22)26-12-8-21(17-25(18)26)15-20-7-9-23-5-3-4-6-24(23)16-20/h3-9,12,16-17,22H,1-2,10-11,13-15H2. The van der Waals surface area contributed by atoms with Crippen molar-refractivity contribution in [2.45, 2.75) is 25.7 Å². The fourth-order valence-electron chi connectivity index (χ4n) is 4.23. The van der Waals surface area contributed by atoms with Crippen LogP contribution in [0, 0.1) is 5.92 Å². The predicted molar refractivity (Wildman–Crippen MR) is 116 cm³/mol. The van der Waals surface area contributed by atoms with E-state index in [9.17, 15) is 0 Å². The van der Waals surface area contributed by atoms with Crippen molar-refractivity contribution in [3.05, 3.63) is 96.2 Å². The molecule has 1 heterocycles. The molecule has 0 unspecified atom stereocenters. The minimum absolute atomic E-state index is 0.696. The first-order chi connectivity index (χ1) is 13.2. The summed E-state index contributed by atoms with van der Waals surface area (Å²) < 4.78 is 0. The quantitative estimate of drug-likeness (QED) is 0.513. The molecule has 2 aliphatic rings. The third-order valence-electron chi connectivity index (χ3n) is 5.99. The number of anilines is 1. The summed E-state index contributed by atoms with van der Waals surface area (Å²) in [6.45, 7) is 9.74. The topological polar surface area (TPSA) is 3.24 Å². The highest BCUT2D eigenvalue weighted by Gasteiger charge is 2.31. The van der Waals surface area contributed by atoms with Crippen molar-refractivity contribution in [1.82, 2.24) is 0 Å². The van der Waals surface area contributed by atoms with Crippen molar-refractivity contribution in [2.24, 2.45) is 5.92 Å². The van der Waals surface area contributed by atoms with Gasteiger partial charge in [0.25, 0.3) is 0 Å². The zero-order valence-corrected chi connectivity index (χ0v) is 15.7. The van der Waals surface area contributed by atoms with E-state index in [4.69, 9.17) is 0 Å². The highest BCUT2D eigenvalue weighted by Crippen LogP contribution is 2.43. The van der Waals surface area contributed by atoms with Gasteiger partial charge in [-0.15, -0.1) is 0 Å². The Morgan fingerprint density at radius 2 is 1.67 bits per heavy atom. The van der Waals surface area contributed by atoms with Gasteiger partial charge in [-0.05, 0) is 71.2 Å². The van der Waals surface area contributed by atoms with Crippen molar-refractivity contribution in [3.63, 3.8) is 0 Å². The van der Waals surface area contributed by atoms with Crippen LogP contribution in [0.3, 0.4) is 0 Å². The molecule has 1 aliphatic heterocycles. The number of allylic oxidation sites excluding steroid dienone is 1. The summed E-state index contributed by atoms with van der Waals surface area (Å²) in [7, 11) is 0. The minimum atomic E-state index is 0.696. The van der Waals surface area contributed by atoms with Crippen LogP contribution in [-0.2, 0) is 6.42 Å². The molecule has 0 bridgehead atoms. The zero-order valence-electron chi connectivity index (χ0n) is 15.7. The highest BCUT2D eigenvalue weighted by atomic mass is 15.2. The van der Waals surface area contributed by atoms with Gasteiger partial charge < -0.3 is 4.90 Å². The molecule has 0 amide bonds. The maximum atomic E-state index is 4.38. The van der Waals surface area contributed by atoms with Gasteiger partial charge >= 0.3 is 0 Å². The molecule has 0 saturated heterocycles. The molecular weight excluding hydrogens is 326 g/mol. The van der Waals surface area contributed by atoms with Crippen LogP contribution in [-0.4, -0.2) is 6.54 Å². The van der Waals surface area contributed by atoms with Crippen LogP contribution in [0.5, 0.6) is 0 Å². The van der Waals surface area contributed by atoms with Gasteiger partial charge in [-0.2, -0.15) is 0 Å². The van der Waals surface area contributed by atoms with Gasteiger partial charge in [-0.25, -0.2) is 0 Å². The highest BCUT2D eigenvalue weighted by molar-refractivity contribution is 5.83. The van der Waals surface area contributed by atoms with Gasteiger partial charge in [0.1, 0.15) is 0 Å². The molecule has 3 aromatic rings. The summed E-state index contributed by atoms with van der Waals surface area (Å²) in [5, 5.41) is 2.61. The fourth-order valence-corrected chi connectivity index (χ4v) is 4.23. The first kappa shape index (κ1) is 16.4. The van der Waals surface area contributed by atoms with E-state index < -0.39 is 0 Å². The molecule has 134 valence electrons. The molecule has 27 heavy (non-hydrogen) atoms. The van der Waals surface area contributed by atoms with Crippen molar-refractivity contribution >= 4 is 22.0 Å². The molecule has 3 aromatic carbocycles. The largest absolute Gasteiger partial charge is 0.345 e. The third kappa shape index (κ3) is 3.08. The normalized spacial score (nSPS) is 16.4.